The minimum absolute atomic E-state index is 0.346. The van der Waals surface area contributed by atoms with E-state index in [2.05, 4.69) is 12.2 Å². The minimum atomic E-state index is -0.346. The Hall–Kier alpha value is -0.120. The van der Waals surface area contributed by atoms with Crippen LogP contribution in [0.25, 0.3) is 0 Å². The summed E-state index contributed by atoms with van der Waals surface area (Å²) in [5.74, 6) is 1.62. The lowest BCUT2D eigenvalue weighted by atomic mass is 9.80. The topological polar surface area (TPSA) is 41.5 Å². The summed E-state index contributed by atoms with van der Waals surface area (Å²) in [6.07, 6.45) is 6.36. The highest BCUT2D eigenvalue weighted by Gasteiger charge is 2.24. The molecule has 2 N–H and O–H groups in total. The van der Waals surface area contributed by atoms with E-state index in [1.54, 1.807) is 0 Å². The van der Waals surface area contributed by atoms with Crippen molar-refractivity contribution in [2.24, 2.45) is 11.8 Å². The molecule has 0 aliphatic heterocycles. The normalized spacial score (nSPS) is 25.1. The van der Waals surface area contributed by atoms with Crippen LogP contribution in [0.3, 0.4) is 0 Å². The third-order valence-electron chi connectivity index (χ3n) is 3.89. The molecule has 3 heteroatoms. The minimum Gasteiger partial charge on any atom is -0.389 e. The maximum Gasteiger partial charge on any atom is 0.0897 e. The number of hydrogen-bond donors (Lipinski definition) is 2. The molecule has 2 fully saturated rings. The highest BCUT2D eigenvalue weighted by atomic mass is 16.5. The predicted molar refractivity (Wildman–Crippen MR) is 64.4 cm³/mol. The number of hydrogen-bond acceptors (Lipinski definition) is 3. The van der Waals surface area contributed by atoms with Crippen LogP contribution in [0, 0.1) is 11.8 Å². The van der Waals surface area contributed by atoms with Gasteiger partial charge >= 0.3 is 0 Å². The van der Waals surface area contributed by atoms with Gasteiger partial charge in [-0.1, -0.05) is 6.42 Å². The molecular formula is C13H25NO2. The first kappa shape index (κ1) is 12.3. The highest BCUT2D eigenvalue weighted by Crippen LogP contribution is 2.29. The molecule has 2 aliphatic rings. The number of nitrogens with one attached hydrogen (secondary N) is 1. The van der Waals surface area contributed by atoms with Gasteiger partial charge in [-0.05, 0) is 44.4 Å². The molecule has 0 heterocycles. The van der Waals surface area contributed by atoms with Crippen LogP contribution >= 0.6 is 0 Å². The molecule has 2 aliphatic carbocycles. The fraction of sp³-hybridized carbons (Fsp3) is 1.00. The van der Waals surface area contributed by atoms with Gasteiger partial charge < -0.3 is 15.2 Å². The Labute approximate surface area is 98.6 Å². The second kappa shape index (κ2) is 5.99. The number of aliphatic hydroxyl groups is 1. The second-order valence-corrected chi connectivity index (χ2v) is 5.52. The molecule has 0 radical (unpaired) electrons. The Kier molecular flexibility index (Phi) is 4.62. The lowest BCUT2D eigenvalue weighted by Gasteiger charge is -2.32. The molecule has 16 heavy (non-hydrogen) atoms. The van der Waals surface area contributed by atoms with Crippen molar-refractivity contribution >= 4 is 0 Å². The predicted octanol–water partition coefficient (Wildman–Crippen LogP) is 1.55. The maximum absolute atomic E-state index is 9.72. The van der Waals surface area contributed by atoms with Crippen molar-refractivity contribution in [3.05, 3.63) is 0 Å². The zero-order valence-corrected chi connectivity index (χ0v) is 10.3. The van der Waals surface area contributed by atoms with Crippen LogP contribution in [-0.2, 0) is 4.74 Å². The fourth-order valence-electron chi connectivity index (χ4n) is 2.14. The smallest absolute Gasteiger partial charge is 0.0897 e. The molecule has 3 nitrogen and oxygen atoms in total. The van der Waals surface area contributed by atoms with Crippen molar-refractivity contribution in [2.75, 3.05) is 19.8 Å². The van der Waals surface area contributed by atoms with Gasteiger partial charge in [0.2, 0.25) is 0 Å². The van der Waals surface area contributed by atoms with E-state index in [-0.39, 0.29) is 6.10 Å². The van der Waals surface area contributed by atoms with Gasteiger partial charge in [0, 0.05) is 19.2 Å². The molecule has 0 bridgehead atoms. The molecule has 0 aromatic carbocycles. The molecule has 0 saturated heterocycles. The number of ether oxygens (including phenoxy) is 1. The monoisotopic (exact) mass is 227 g/mol. The van der Waals surface area contributed by atoms with E-state index in [9.17, 15) is 5.11 Å². The molecule has 2 unspecified atom stereocenters. The second-order valence-electron chi connectivity index (χ2n) is 5.52. The largest absolute Gasteiger partial charge is 0.389 e. The summed E-state index contributed by atoms with van der Waals surface area (Å²) in [5, 5.41) is 13.1. The summed E-state index contributed by atoms with van der Waals surface area (Å²) in [4.78, 5) is 0. The SMILES string of the molecule is CC(NCC(O)COCC1CC1)C1CCC1. The van der Waals surface area contributed by atoms with Gasteiger partial charge in [-0.2, -0.15) is 0 Å². The van der Waals surface area contributed by atoms with E-state index in [0.717, 1.165) is 18.4 Å². The summed E-state index contributed by atoms with van der Waals surface area (Å²) >= 11 is 0. The van der Waals surface area contributed by atoms with Crippen LogP contribution in [0.2, 0.25) is 0 Å². The van der Waals surface area contributed by atoms with E-state index in [1.165, 1.54) is 32.1 Å². The average Bonchev–Trinajstić information content (AvgIpc) is 2.96. The van der Waals surface area contributed by atoms with Crippen LogP contribution in [0.1, 0.15) is 39.0 Å². The quantitative estimate of drug-likeness (QED) is 0.661. The average molecular weight is 227 g/mol. The van der Waals surface area contributed by atoms with Gasteiger partial charge in [0.05, 0.1) is 12.7 Å². The van der Waals surface area contributed by atoms with Crippen LogP contribution in [0.5, 0.6) is 0 Å². The van der Waals surface area contributed by atoms with E-state index in [0.29, 0.717) is 19.2 Å². The first-order valence-corrected chi connectivity index (χ1v) is 6.75. The van der Waals surface area contributed by atoms with Crippen molar-refractivity contribution in [2.45, 2.75) is 51.2 Å². The van der Waals surface area contributed by atoms with Crippen molar-refractivity contribution in [3.8, 4) is 0 Å². The molecule has 2 rings (SSSR count). The van der Waals surface area contributed by atoms with E-state index >= 15 is 0 Å². The summed E-state index contributed by atoms with van der Waals surface area (Å²) in [5.41, 5.74) is 0. The zero-order chi connectivity index (χ0) is 11.4. The van der Waals surface area contributed by atoms with Crippen molar-refractivity contribution < 1.29 is 9.84 Å². The van der Waals surface area contributed by atoms with Crippen LogP contribution < -0.4 is 5.32 Å². The summed E-state index contributed by atoms with van der Waals surface area (Å²) in [6, 6.07) is 0.548. The Morgan fingerprint density at radius 3 is 2.62 bits per heavy atom. The summed E-state index contributed by atoms with van der Waals surface area (Å²) in [7, 11) is 0. The summed E-state index contributed by atoms with van der Waals surface area (Å²) in [6.45, 7) is 4.22. The van der Waals surface area contributed by atoms with Crippen LogP contribution in [0.4, 0.5) is 0 Å². The third kappa shape index (κ3) is 4.04. The molecule has 0 amide bonds. The molecule has 0 aromatic rings. The molecule has 0 spiro atoms. The fourth-order valence-corrected chi connectivity index (χ4v) is 2.14. The van der Waals surface area contributed by atoms with Gasteiger partial charge in [0.25, 0.3) is 0 Å². The van der Waals surface area contributed by atoms with Crippen molar-refractivity contribution in [1.82, 2.24) is 5.32 Å². The lowest BCUT2D eigenvalue weighted by molar-refractivity contribution is 0.0296. The van der Waals surface area contributed by atoms with Gasteiger partial charge in [0.15, 0.2) is 0 Å². The first-order valence-electron chi connectivity index (χ1n) is 6.75. The lowest BCUT2D eigenvalue weighted by Crippen LogP contribution is -2.42. The molecule has 94 valence electrons. The van der Waals surface area contributed by atoms with E-state index in [4.69, 9.17) is 4.74 Å². The van der Waals surface area contributed by atoms with Gasteiger partial charge in [-0.25, -0.2) is 0 Å². The van der Waals surface area contributed by atoms with Crippen molar-refractivity contribution in [3.63, 3.8) is 0 Å². The van der Waals surface area contributed by atoms with Gasteiger partial charge in [0.1, 0.15) is 0 Å². The molecule has 0 aromatic heterocycles. The summed E-state index contributed by atoms with van der Waals surface area (Å²) < 4.78 is 5.46. The maximum atomic E-state index is 9.72. The van der Waals surface area contributed by atoms with Crippen molar-refractivity contribution in [1.29, 1.82) is 0 Å². The Balaban J connectivity index is 1.46. The Bertz CT molecular complexity index is 202. The number of rotatable bonds is 8. The van der Waals surface area contributed by atoms with Crippen LogP contribution in [-0.4, -0.2) is 37.0 Å². The first-order chi connectivity index (χ1) is 7.75. The molecular weight excluding hydrogens is 202 g/mol. The Morgan fingerprint density at radius 1 is 1.31 bits per heavy atom. The zero-order valence-electron chi connectivity index (χ0n) is 10.3. The highest BCUT2D eigenvalue weighted by molar-refractivity contribution is 4.80. The van der Waals surface area contributed by atoms with Gasteiger partial charge in [-0.15, -0.1) is 0 Å². The van der Waals surface area contributed by atoms with Crippen LogP contribution in [0.15, 0.2) is 0 Å². The molecule has 2 saturated carbocycles. The standard InChI is InChI=1S/C13H25NO2/c1-10(12-3-2-4-12)14-7-13(15)9-16-8-11-5-6-11/h10-15H,2-9H2,1H3. The molecule has 2 atom stereocenters. The third-order valence-corrected chi connectivity index (χ3v) is 3.89. The number of aliphatic hydroxyl groups excluding tert-OH is 1. The van der Waals surface area contributed by atoms with E-state index < -0.39 is 0 Å². The van der Waals surface area contributed by atoms with Gasteiger partial charge in [-0.3, -0.25) is 0 Å². The van der Waals surface area contributed by atoms with E-state index in [1.807, 2.05) is 0 Å². The Morgan fingerprint density at radius 2 is 2.06 bits per heavy atom.